The summed E-state index contributed by atoms with van der Waals surface area (Å²) in [5.41, 5.74) is 48.8. The second-order valence-electron chi connectivity index (χ2n) is 38.2. The summed E-state index contributed by atoms with van der Waals surface area (Å²) in [7, 11) is 12.4. The number of nitrogens with zero attached hydrogens (tertiary/aromatic N) is 11. The number of aliphatic hydroxyl groups excluding tert-OH is 2. The van der Waals surface area contributed by atoms with E-state index in [-0.39, 0.29) is 43.7 Å². The monoisotopic (exact) mass is 1960 g/mol. The molecule has 5 aliphatic rings. The molecule has 31 nitrogen and oxygen atoms in total. The Labute approximate surface area is 848 Å². The lowest BCUT2D eigenvalue weighted by Crippen LogP contribution is -2.36. The molecule has 0 radical (unpaired) electrons. The number of ether oxygens (including phenoxy) is 6. The average molecular weight is 1960 g/mol. The van der Waals surface area contributed by atoms with Gasteiger partial charge in [0.1, 0.15) is 88.2 Å². The maximum Gasteiger partial charge on any atom is 0.254 e. The Kier molecular flexibility index (Phi) is 36.0. The third-order valence-corrected chi connectivity index (χ3v) is 27.4. The van der Waals surface area contributed by atoms with Crippen LogP contribution < -0.4 is 84.7 Å². The Morgan fingerprint density at radius 1 is 0.324 bits per heavy atom. The van der Waals surface area contributed by atoms with Crippen molar-refractivity contribution in [3.8, 4) is 28.9 Å². The molecule has 0 saturated carbocycles. The van der Waals surface area contributed by atoms with E-state index in [1.807, 2.05) is 140 Å². The number of benzene rings is 9. The van der Waals surface area contributed by atoms with Gasteiger partial charge in [0, 0.05) is 227 Å². The molecule has 19 N–H and O–H groups in total. The molecular weight excluding hydrogens is 1820 g/mol. The number of nitrogens with one attached hydrogen (secondary N) is 5. The van der Waals surface area contributed by atoms with E-state index < -0.39 is 5.91 Å². The molecule has 0 atom stereocenters. The normalized spacial score (nSPS) is 15.5. The molecule has 0 unspecified atom stereocenters. The maximum atomic E-state index is 12.2. The van der Waals surface area contributed by atoms with E-state index in [2.05, 4.69) is 183 Å². The van der Waals surface area contributed by atoms with Gasteiger partial charge in [-0.1, -0.05) is 84.9 Å². The second-order valence-corrected chi connectivity index (χ2v) is 38.2. The van der Waals surface area contributed by atoms with Gasteiger partial charge in [-0.15, -0.1) is 0 Å². The van der Waals surface area contributed by atoms with Gasteiger partial charge in [-0.3, -0.25) is 4.79 Å². The number of carbonyl (C=O) groups excluding carboxylic acids is 1. The zero-order valence-corrected chi connectivity index (χ0v) is 83.9. The topological polar surface area (TPSA) is 423 Å². The molecule has 15 aromatic rings. The molecule has 758 valence electrons. The molecule has 20 rings (SSSR count). The van der Waals surface area contributed by atoms with E-state index in [1.54, 1.807) is 44.3 Å². The summed E-state index contributed by atoms with van der Waals surface area (Å²) in [6.45, 7) is 14.2. The van der Waals surface area contributed by atoms with Gasteiger partial charge in [-0.05, 0) is 257 Å². The Morgan fingerprint density at radius 3 is 0.979 bits per heavy atom. The fraction of sp³-hybridized carbons (Fsp3) is 0.342. The van der Waals surface area contributed by atoms with Gasteiger partial charge < -0.3 is 124 Å². The first-order valence-corrected chi connectivity index (χ1v) is 50.1. The van der Waals surface area contributed by atoms with Crippen molar-refractivity contribution in [2.45, 2.75) is 147 Å². The molecule has 0 bridgehead atoms. The Hall–Kier alpha value is -14.7. The van der Waals surface area contributed by atoms with Crippen molar-refractivity contribution in [2.24, 2.45) is 5.73 Å². The van der Waals surface area contributed by atoms with Crippen molar-refractivity contribution in [1.82, 2.24) is 54.4 Å². The van der Waals surface area contributed by atoms with Crippen molar-refractivity contribution in [2.75, 3.05) is 163 Å². The molecule has 6 aromatic heterocycles. The van der Waals surface area contributed by atoms with Gasteiger partial charge in [-0.2, -0.15) is 0 Å². The number of aliphatic hydroxyl groups is 2. The molecule has 0 aliphatic carbocycles. The van der Waals surface area contributed by atoms with Crippen LogP contribution in [0.4, 0.5) is 57.5 Å². The van der Waals surface area contributed by atoms with Crippen LogP contribution in [0.1, 0.15) is 119 Å². The van der Waals surface area contributed by atoms with Crippen LogP contribution in [0, 0.1) is 0 Å². The minimum atomic E-state index is -0.501. The number of primary amides is 1. The molecule has 31 heteroatoms. The lowest BCUT2D eigenvalue weighted by molar-refractivity contribution is 0.0970. The van der Waals surface area contributed by atoms with Crippen molar-refractivity contribution in [1.29, 1.82) is 0 Å². The summed E-state index contributed by atoms with van der Waals surface area (Å²) >= 11 is 0. The molecule has 145 heavy (non-hydrogen) atoms. The van der Waals surface area contributed by atoms with Crippen molar-refractivity contribution in [3.63, 3.8) is 0 Å². The summed E-state index contributed by atoms with van der Waals surface area (Å²) in [6.07, 6.45) is 21.5. The highest BCUT2D eigenvalue weighted by molar-refractivity contribution is 6.01. The number of amides is 1. The lowest BCUT2D eigenvalue weighted by atomic mass is 10.1. The van der Waals surface area contributed by atoms with Gasteiger partial charge >= 0.3 is 0 Å². The number of hydrogen-bond donors (Lipinski definition) is 13. The number of carbonyl (C=O) groups is 1. The maximum absolute atomic E-state index is 12.2. The zero-order chi connectivity index (χ0) is 101. The highest BCUT2D eigenvalue weighted by Crippen LogP contribution is 2.37. The number of anilines is 10. The van der Waals surface area contributed by atoms with Crippen LogP contribution in [-0.2, 0) is 57.3 Å². The number of fused-ring (bicyclic) bond motifs is 5. The van der Waals surface area contributed by atoms with E-state index in [4.69, 9.17) is 62.8 Å². The summed E-state index contributed by atoms with van der Waals surface area (Å²) in [4.78, 5) is 48.9. The number of hydrogen-bond acceptors (Lipinski definition) is 30. The smallest absolute Gasteiger partial charge is 0.254 e. The third kappa shape index (κ3) is 28.7. The average Bonchev–Trinajstić information content (AvgIpc) is 0.823. The van der Waals surface area contributed by atoms with E-state index in [0.717, 1.165) is 270 Å². The zero-order valence-electron chi connectivity index (χ0n) is 83.9. The molecule has 5 saturated heterocycles. The van der Waals surface area contributed by atoms with Crippen molar-refractivity contribution in [3.05, 3.63) is 294 Å². The first kappa shape index (κ1) is 103. The van der Waals surface area contributed by atoms with Crippen LogP contribution in [0.2, 0.25) is 0 Å². The highest BCUT2D eigenvalue weighted by atomic mass is 16.5. The molecule has 9 aromatic carbocycles. The number of rotatable bonds is 30. The van der Waals surface area contributed by atoms with Gasteiger partial charge in [0.15, 0.2) is 0 Å². The minimum absolute atomic E-state index is 0.0254. The van der Waals surface area contributed by atoms with Crippen LogP contribution in [0.15, 0.2) is 243 Å². The molecule has 11 heterocycles. The van der Waals surface area contributed by atoms with Gasteiger partial charge in [0.2, 0.25) is 5.88 Å². The van der Waals surface area contributed by atoms with Crippen LogP contribution in [-0.4, -0.2) is 209 Å². The number of nitrogen functional groups attached to an aromatic ring is 5. The van der Waals surface area contributed by atoms with E-state index in [0.29, 0.717) is 78.2 Å². The minimum Gasteiger partial charge on any atom is -0.490 e. The van der Waals surface area contributed by atoms with Gasteiger partial charge in [0.05, 0.1) is 25.5 Å². The Bertz CT molecular complexity index is 6800. The molecule has 0 spiro atoms. The van der Waals surface area contributed by atoms with Crippen LogP contribution in [0.25, 0.3) is 53.9 Å². The standard InChI is InChI=1S/C24H30N4O2.C23H27N5O2.2C23H28N4O2.C21H25N5O/c1-28-11-8-21(9-12-28)30-23-14-20(5-4-19(23)16-29-2)27-15-17-3-6-22-18(13-17)7-10-26-24(22)25;1-28-11-8-17(9-12-28)30-20-4-2-3-19(21(20)23(25)29)27-14-15-5-6-18-16(13-15)7-10-26-22(18)24;1-27-10-7-20(8-11-27)29-22-13-19(4-3-18(22)15-28)26-14-16-2-5-21-17(12-16)6-9-25-23(21)24;1-27-11-8-18(9-12-27)29-22-4-2-3-21(20(22)15-28)26-14-16-5-6-19-17(13-16)7-10-25-23(19)24;1-26-10-6-18(7-11-26)27-20-13-17(5-9-23-20)25-14-15-2-3-19-16(12-15)4-8-24-21(19)22/h3-7,10,13-14,21,27H,8-9,11-12,15-16H2,1-2H3,(H2,25,26);2-7,10,13,17,27H,8-9,11-12,14H2,1H3,(H2,24,26)(H2,25,29);2-6,9,12-13,20,26,28H,7-8,10-11,14-15H2,1H3,(H2,24,25);2-7,10,13,18,26,28H,8-9,11-12,14-15H2,1H3,(H2,24,25);2-5,8-9,12-13,18H,6-7,10-11,14H2,1H3,(H2,22,24)(H,23,25). The van der Waals surface area contributed by atoms with Crippen LogP contribution in [0.5, 0.6) is 28.9 Å². The first-order valence-electron chi connectivity index (χ1n) is 50.1. The quantitative estimate of drug-likeness (QED) is 0.0199. The molecule has 1 amide bonds. The van der Waals surface area contributed by atoms with Crippen LogP contribution >= 0.6 is 0 Å². The number of methoxy groups -OCH3 is 1. The van der Waals surface area contributed by atoms with Crippen LogP contribution in [0.3, 0.4) is 0 Å². The summed E-state index contributed by atoms with van der Waals surface area (Å²) < 4.78 is 36.5. The largest absolute Gasteiger partial charge is 0.490 e. The second kappa shape index (κ2) is 50.5. The number of aromatic nitrogens is 6. The van der Waals surface area contributed by atoms with E-state index >= 15 is 0 Å². The number of nitrogens with two attached hydrogens (primary N) is 6. The Balaban J connectivity index is 0.000000130. The third-order valence-electron chi connectivity index (χ3n) is 27.4. The molecular formula is C114H138N22O9. The highest BCUT2D eigenvalue weighted by Gasteiger charge is 2.27. The predicted molar refractivity (Wildman–Crippen MR) is 584 cm³/mol. The molecule has 5 fully saturated rings. The summed E-state index contributed by atoms with van der Waals surface area (Å²) in [5, 5.41) is 47.1. The first-order chi connectivity index (χ1) is 70.6. The Morgan fingerprint density at radius 2 is 0.628 bits per heavy atom. The number of pyridine rings is 6. The van der Waals surface area contributed by atoms with Crippen molar-refractivity contribution >= 4 is 117 Å². The fourth-order valence-corrected chi connectivity index (χ4v) is 18.8. The SMILES string of the molecule is CN1CCC(Oc2cc(NCc3ccc4c(N)nccc4c3)ccc2CO)CC1.CN1CCC(Oc2cc(NCc3ccc4c(N)nccc4c3)ccn2)CC1.CN1CCC(Oc2cccc(NCc3ccc4c(N)nccc4c3)c2C(N)=O)CC1.CN1CCC(Oc2cccc(NCc3ccc4c(N)nccc4c3)c2CO)CC1.COCc1ccc(NCc2ccc3c(N)nccc3c2)cc1OC1CCN(C)CC1. The van der Waals surface area contributed by atoms with Crippen molar-refractivity contribution < 1.29 is 43.4 Å². The number of likely N-dealkylation sites (tertiary alicyclic amines) is 5. The summed E-state index contributed by atoms with van der Waals surface area (Å²) in [6, 6.07) is 68.3. The van der Waals surface area contributed by atoms with E-state index in [9.17, 15) is 15.0 Å². The predicted octanol–water partition coefficient (Wildman–Crippen LogP) is 17.1. The van der Waals surface area contributed by atoms with Gasteiger partial charge in [0.25, 0.3) is 5.91 Å². The fourth-order valence-electron chi connectivity index (χ4n) is 18.8. The lowest BCUT2D eigenvalue weighted by Gasteiger charge is -2.30. The molecule has 5 aliphatic heterocycles. The summed E-state index contributed by atoms with van der Waals surface area (Å²) in [5.74, 6) is 5.92. The van der Waals surface area contributed by atoms with Gasteiger partial charge in [-0.25, -0.2) is 29.9 Å². The number of piperidine rings is 5. The van der Waals surface area contributed by atoms with E-state index in [1.165, 1.54) is 11.1 Å².